The fourth-order valence-electron chi connectivity index (χ4n) is 2.59. The van der Waals surface area contributed by atoms with Crippen molar-refractivity contribution in [3.8, 4) is 0 Å². The Kier molecular flexibility index (Phi) is 5.32. The Bertz CT molecular complexity index is 1160. The van der Waals surface area contributed by atoms with Crippen LogP contribution in [0.25, 0.3) is 10.2 Å². The van der Waals surface area contributed by atoms with Gasteiger partial charge >= 0.3 is 0 Å². The zero-order chi connectivity index (χ0) is 18.9. The van der Waals surface area contributed by atoms with Crippen LogP contribution in [0.1, 0.15) is 23.7 Å². The van der Waals surface area contributed by atoms with E-state index < -0.39 is 15.7 Å². The van der Waals surface area contributed by atoms with Gasteiger partial charge in [-0.1, -0.05) is 42.0 Å². The molecule has 0 saturated carbocycles. The van der Waals surface area contributed by atoms with Crippen LogP contribution in [-0.4, -0.2) is 25.1 Å². The summed E-state index contributed by atoms with van der Waals surface area (Å²) in [6, 6.07) is 11.7. The summed E-state index contributed by atoms with van der Waals surface area (Å²) in [4.78, 5) is 17.6. The van der Waals surface area contributed by atoms with Crippen molar-refractivity contribution >= 4 is 48.9 Å². The van der Waals surface area contributed by atoms with Gasteiger partial charge in [0.15, 0.2) is 14.6 Å². The van der Waals surface area contributed by atoms with E-state index in [4.69, 9.17) is 11.6 Å². The van der Waals surface area contributed by atoms with Gasteiger partial charge in [0.2, 0.25) is 0 Å². The third kappa shape index (κ3) is 3.75. The summed E-state index contributed by atoms with van der Waals surface area (Å²) in [7, 11) is -3.30. The Hall–Kier alpha value is -1.96. The largest absolute Gasteiger partial charge is 0.316 e. The number of amides is 1. The molecule has 0 atom stereocenters. The molecule has 0 aliphatic carbocycles. The van der Waals surface area contributed by atoms with Crippen LogP contribution in [0.5, 0.6) is 0 Å². The molecule has 136 valence electrons. The van der Waals surface area contributed by atoms with E-state index in [-0.39, 0.29) is 4.90 Å². The molecule has 0 aliphatic heterocycles. The van der Waals surface area contributed by atoms with Gasteiger partial charge in [0.1, 0.15) is 0 Å². The first-order chi connectivity index (χ1) is 12.3. The minimum atomic E-state index is -3.30. The summed E-state index contributed by atoms with van der Waals surface area (Å²) in [6.07, 6.45) is 2.03. The molecule has 0 N–H and O–H groups in total. The second-order valence-corrected chi connectivity index (χ2v) is 9.27. The van der Waals surface area contributed by atoms with Crippen LogP contribution in [0, 0.1) is 0 Å². The predicted molar refractivity (Wildman–Crippen MR) is 105 cm³/mol. The van der Waals surface area contributed by atoms with Crippen LogP contribution in [0.15, 0.2) is 52.4 Å². The quantitative estimate of drug-likeness (QED) is 0.657. The van der Waals surface area contributed by atoms with Crippen molar-refractivity contribution in [3.63, 3.8) is 0 Å². The maximum Gasteiger partial charge on any atom is 0.281 e. The van der Waals surface area contributed by atoms with Gasteiger partial charge in [-0.25, -0.2) is 8.42 Å². The number of sulfone groups is 1. The highest BCUT2D eigenvalue weighted by Gasteiger charge is 2.14. The summed E-state index contributed by atoms with van der Waals surface area (Å²) < 4.78 is 26.3. The lowest BCUT2D eigenvalue weighted by Gasteiger charge is -2.04. The number of carbonyl (C=O) groups excluding carboxylic acids is 1. The number of halogens is 1. The molecule has 0 bridgehead atoms. The highest BCUT2D eigenvalue weighted by molar-refractivity contribution is 7.90. The number of hydrogen-bond donors (Lipinski definition) is 0. The number of carbonyl (C=O) groups is 1. The Morgan fingerprint density at radius 2 is 1.96 bits per heavy atom. The van der Waals surface area contributed by atoms with E-state index in [1.54, 1.807) is 42.5 Å². The monoisotopic (exact) mass is 408 g/mol. The summed E-state index contributed by atoms with van der Waals surface area (Å²) in [6.45, 7) is 2.70. The molecular weight excluding hydrogens is 392 g/mol. The first-order valence-electron chi connectivity index (χ1n) is 7.98. The molecule has 0 aliphatic rings. The van der Waals surface area contributed by atoms with Crippen LogP contribution in [0.2, 0.25) is 5.02 Å². The van der Waals surface area contributed by atoms with Crippen LogP contribution < -0.4 is 4.80 Å². The molecule has 1 aromatic heterocycles. The van der Waals surface area contributed by atoms with Crippen LogP contribution >= 0.6 is 22.9 Å². The maximum atomic E-state index is 12.5. The number of fused-ring (bicyclic) bond motifs is 1. The van der Waals surface area contributed by atoms with E-state index in [2.05, 4.69) is 4.99 Å². The Morgan fingerprint density at radius 1 is 1.23 bits per heavy atom. The summed E-state index contributed by atoms with van der Waals surface area (Å²) in [5.74, 6) is -0.421. The molecule has 2 aromatic carbocycles. The molecule has 5 nitrogen and oxygen atoms in total. The van der Waals surface area contributed by atoms with Crippen LogP contribution in [0.4, 0.5) is 0 Å². The van der Waals surface area contributed by atoms with Crippen molar-refractivity contribution in [2.24, 2.45) is 4.99 Å². The lowest BCUT2D eigenvalue weighted by molar-refractivity contribution is 0.0998. The molecule has 8 heteroatoms. The number of aromatic nitrogens is 1. The number of nitrogens with zero attached hydrogens (tertiary/aromatic N) is 2. The van der Waals surface area contributed by atoms with Gasteiger partial charge in [0.05, 0.1) is 25.7 Å². The smallest absolute Gasteiger partial charge is 0.281 e. The van der Waals surface area contributed by atoms with Gasteiger partial charge in [0.25, 0.3) is 5.91 Å². The van der Waals surface area contributed by atoms with Crippen molar-refractivity contribution in [2.75, 3.05) is 6.26 Å². The van der Waals surface area contributed by atoms with E-state index in [9.17, 15) is 13.2 Å². The van der Waals surface area contributed by atoms with Gasteiger partial charge in [-0.15, -0.1) is 0 Å². The lowest BCUT2D eigenvalue weighted by atomic mass is 10.2. The fourth-order valence-corrected chi connectivity index (χ4v) is 4.62. The summed E-state index contributed by atoms with van der Waals surface area (Å²) >= 11 is 7.38. The molecule has 0 radical (unpaired) electrons. The second kappa shape index (κ2) is 7.34. The molecule has 1 heterocycles. The molecule has 3 aromatic rings. The van der Waals surface area contributed by atoms with Crippen molar-refractivity contribution in [2.45, 2.75) is 24.8 Å². The topological polar surface area (TPSA) is 68.5 Å². The van der Waals surface area contributed by atoms with Gasteiger partial charge < -0.3 is 4.57 Å². The Morgan fingerprint density at radius 3 is 2.62 bits per heavy atom. The predicted octanol–water partition coefficient (Wildman–Crippen LogP) is 3.91. The fraction of sp³-hybridized carbons (Fsp3) is 0.222. The van der Waals surface area contributed by atoms with Crippen molar-refractivity contribution in [1.82, 2.24) is 4.57 Å². The van der Waals surface area contributed by atoms with E-state index >= 15 is 0 Å². The van der Waals surface area contributed by atoms with E-state index in [1.165, 1.54) is 17.6 Å². The SMILES string of the molecule is CCCn1c(=NC(=O)c2ccccc2Cl)sc2cc(S(C)(=O)=O)ccc21. The maximum absolute atomic E-state index is 12.5. The van der Waals surface area contributed by atoms with Gasteiger partial charge in [-0.05, 0) is 36.8 Å². The van der Waals surface area contributed by atoms with Crippen molar-refractivity contribution in [3.05, 3.63) is 57.9 Å². The Balaban J connectivity index is 2.20. The second-order valence-electron chi connectivity index (χ2n) is 5.83. The van der Waals surface area contributed by atoms with Crippen LogP contribution in [-0.2, 0) is 16.4 Å². The first kappa shape index (κ1) is 18.8. The summed E-state index contributed by atoms with van der Waals surface area (Å²) in [5.41, 5.74) is 1.20. The number of aryl methyl sites for hydroxylation is 1. The summed E-state index contributed by atoms with van der Waals surface area (Å²) in [5, 5.41) is 0.351. The number of thiazole rings is 1. The first-order valence-corrected chi connectivity index (χ1v) is 11.1. The molecule has 0 saturated heterocycles. The zero-order valence-electron chi connectivity index (χ0n) is 14.3. The van der Waals surface area contributed by atoms with E-state index in [1.807, 2.05) is 11.5 Å². The van der Waals surface area contributed by atoms with Crippen molar-refractivity contribution in [1.29, 1.82) is 0 Å². The third-order valence-electron chi connectivity index (χ3n) is 3.83. The van der Waals surface area contributed by atoms with Crippen molar-refractivity contribution < 1.29 is 13.2 Å². The average Bonchev–Trinajstić information content (AvgIpc) is 2.91. The average molecular weight is 409 g/mol. The minimum Gasteiger partial charge on any atom is -0.316 e. The van der Waals surface area contributed by atoms with Crippen LogP contribution in [0.3, 0.4) is 0 Å². The molecule has 0 unspecified atom stereocenters. The van der Waals surface area contributed by atoms with E-state index in [0.717, 1.165) is 16.6 Å². The Labute approximate surface area is 160 Å². The number of rotatable bonds is 4. The molecular formula is C18H17ClN2O3S2. The molecule has 3 rings (SSSR count). The molecule has 26 heavy (non-hydrogen) atoms. The number of hydrogen-bond acceptors (Lipinski definition) is 4. The lowest BCUT2D eigenvalue weighted by Crippen LogP contribution is -2.17. The highest BCUT2D eigenvalue weighted by Crippen LogP contribution is 2.22. The highest BCUT2D eigenvalue weighted by atomic mass is 35.5. The molecule has 0 fully saturated rings. The third-order valence-corrected chi connectivity index (χ3v) is 6.31. The van der Waals surface area contributed by atoms with Gasteiger partial charge in [0, 0.05) is 12.8 Å². The van der Waals surface area contributed by atoms with Gasteiger partial charge in [-0.3, -0.25) is 4.79 Å². The zero-order valence-corrected chi connectivity index (χ0v) is 16.7. The molecule has 0 spiro atoms. The minimum absolute atomic E-state index is 0.249. The molecule has 1 amide bonds. The van der Waals surface area contributed by atoms with Gasteiger partial charge in [-0.2, -0.15) is 4.99 Å². The van der Waals surface area contributed by atoms with E-state index in [0.29, 0.717) is 21.9 Å². The normalized spacial score (nSPS) is 12.7. The standard InChI is InChI=1S/C18H17ClN2O3S2/c1-3-10-21-15-9-8-12(26(2,23)24)11-16(15)25-18(21)20-17(22)13-6-4-5-7-14(13)19/h4-9,11H,3,10H2,1-2H3. The number of benzene rings is 2.